The Morgan fingerprint density at radius 3 is 2.28 bits per heavy atom. The van der Waals surface area contributed by atoms with Crippen molar-refractivity contribution in [3.05, 3.63) is 41.8 Å². The van der Waals surface area contributed by atoms with Gasteiger partial charge in [0.25, 0.3) is 0 Å². The molecule has 0 bridgehead atoms. The third kappa shape index (κ3) is 4.92. The van der Waals surface area contributed by atoms with Gasteiger partial charge in [0.2, 0.25) is 5.91 Å². The number of likely N-dealkylation sites (tertiary alicyclic amines) is 1. The molecule has 0 spiro atoms. The van der Waals surface area contributed by atoms with Crippen molar-refractivity contribution in [1.29, 1.82) is 0 Å². The van der Waals surface area contributed by atoms with E-state index in [1.807, 2.05) is 30.3 Å². The maximum absolute atomic E-state index is 13.1. The molecule has 0 aliphatic carbocycles. The highest BCUT2D eigenvalue weighted by atomic mass is 32.2. The molecule has 1 atom stereocenters. The summed E-state index contributed by atoms with van der Waals surface area (Å²) in [6.07, 6.45) is 7.59. The monoisotopic (exact) mass is 362 g/mol. The van der Waals surface area contributed by atoms with Crippen molar-refractivity contribution in [1.82, 2.24) is 4.90 Å². The van der Waals surface area contributed by atoms with Crippen LogP contribution in [0.4, 0.5) is 5.69 Å². The Balaban J connectivity index is 1.76. The standard InChI is InChI=1S/C19H26N2O3S/c22-19(15-20-12-7-2-1-3-8-13-20)21(17-9-5-4-6-10-17)18-11-14-25(23,24)16-18/h4-6,9-11,14,18H,1-3,7-8,12-13,15-16H2/t18-/m1/s1. The molecule has 3 rings (SSSR count). The van der Waals surface area contributed by atoms with Crippen molar-refractivity contribution >= 4 is 21.4 Å². The summed E-state index contributed by atoms with van der Waals surface area (Å²) >= 11 is 0. The third-order valence-corrected chi connectivity index (χ3v) is 6.23. The van der Waals surface area contributed by atoms with Crippen LogP contribution in [0.25, 0.3) is 0 Å². The molecule has 1 aromatic carbocycles. The zero-order valence-electron chi connectivity index (χ0n) is 14.5. The van der Waals surface area contributed by atoms with E-state index in [1.165, 1.54) is 24.7 Å². The second-order valence-corrected chi connectivity index (χ2v) is 8.80. The van der Waals surface area contributed by atoms with E-state index >= 15 is 0 Å². The van der Waals surface area contributed by atoms with Gasteiger partial charge in [0.05, 0.1) is 18.3 Å². The molecule has 0 unspecified atom stereocenters. The maximum Gasteiger partial charge on any atom is 0.241 e. The first kappa shape index (κ1) is 18.1. The fourth-order valence-corrected chi connectivity index (χ4v) is 4.84. The smallest absolute Gasteiger partial charge is 0.241 e. The van der Waals surface area contributed by atoms with Crippen molar-refractivity contribution in [3.8, 4) is 0 Å². The van der Waals surface area contributed by atoms with Gasteiger partial charge in [0.15, 0.2) is 9.84 Å². The normalized spacial score (nSPS) is 23.8. The number of amides is 1. The van der Waals surface area contributed by atoms with Crippen LogP contribution in [-0.2, 0) is 14.6 Å². The summed E-state index contributed by atoms with van der Waals surface area (Å²) in [5.74, 6) is -0.0632. The molecule has 1 aromatic rings. The van der Waals surface area contributed by atoms with Crippen molar-refractivity contribution in [2.45, 2.75) is 38.1 Å². The molecule has 2 heterocycles. The van der Waals surface area contributed by atoms with Gasteiger partial charge in [-0.3, -0.25) is 9.69 Å². The summed E-state index contributed by atoms with van der Waals surface area (Å²) < 4.78 is 23.7. The number of anilines is 1. The summed E-state index contributed by atoms with van der Waals surface area (Å²) in [6, 6.07) is 8.95. The predicted octanol–water partition coefficient (Wildman–Crippen LogP) is 2.60. The molecule has 0 aromatic heterocycles. The largest absolute Gasteiger partial charge is 0.303 e. The van der Waals surface area contributed by atoms with Crippen LogP contribution in [-0.4, -0.2) is 50.7 Å². The number of hydrogen-bond acceptors (Lipinski definition) is 4. The van der Waals surface area contributed by atoms with E-state index in [0.717, 1.165) is 31.6 Å². The highest BCUT2D eigenvalue weighted by Crippen LogP contribution is 2.23. The fourth-order valence-electron chi connectivity index (χ4n) is 3.57. The quantitative estimate of drug-likeness (QED) is 0.826. The molecule has 0 N–H and O–H groups in total. The molecule has 1 amide bonds. The van der Waals surface area contributed by atoms with Crippen LogP contribution >= 0.6 is 0 Å². The van der Waals surface area contributed by atoms with Crippen LogP contribution in [0.5, 0.6) is 0 Å². The number of hydrogen-bond donors (Lipinski definition) is 0. The molecule has 1 fully saturated rings. The minimum absolute atomic E-state index is 0.0291. The lowest BCUT2D eigenvalue weighted by Crippen LogP contribution is -2.47. The van der Waals surface area contributed by atoms with Crippen molar-refractivity contribution in [2.75, 3.05) is 30.3 Å². The van der Waals surface area contributed by atoms with Gasteiger partial charge >= 0.3 is 0 Å². The van der Waals surface area contributed by atoms with Gasteiger partial charge in [-0.1, -0.05) is 37.5 Å². The number of sulfone groups is 1. The third-order valence-electron chi connectivity index (χ3n) is 4.85. The molecular formula is C19H26N2O3S. The van der Waals surface area contributed by atoms with E-state index in [0.29, 0.717) is 6.54 Å². The van der Waals surface area contributed by atoms with Gasteiger partial charge in [-0.2, -0.15) is 0 Å². The fraction of sp³-hybridized carbons (Fsp3) is 0.526. The van der Waals surface area contributed by atoms with E-state index in [2.05, 4.69) is 4.90 Å². The zero-order chi connectivity index (χ0) is 17.7. The molecule has 6 heteroatoms. The molecule has 25 heavy (non-hydrogen) atoms. The first-order valence-electron chi connectivity index (χ1n) is 9.06. The Morgan fingerprint density at radius 1 is 1.04 bits per heavy atom. The van der Waals surface area contributed by atoms with Crippen LogP contribution in [0.15, 0.2) is 41.8 Å². The first-order valence-corrected chi connectivity index (χ1v) is 10.8. The summed E-state index contributed by atoms with van der Waals surface area (Å²) in [6.45, 7) is 2.22. The second kappa shape index (κ2) is 8.15. The van der Waals surface area contributed by atoms with Crippen LogP contribution in [0, 0.1) is 0 Å². The van der Waals surface area contributed by atoms with Gasteiger partial charge in [-0.25, -0.2) is 8.42 Å². The molecule has 2 aliphatic rings. The number of rotatable bonds is 4. The Bertz CT molecular complexity index is 707. The SMILES string of the molecule is O=C(CN1CCCCCCC1)N(c1ccccc1)[C@@H]1C=CS(=O)(=O)C1. The number of carbonyl (C=O) groups is 1. The van der Waals surface area contributed by atoms with E-state index in [9.17, 15) is 13.2 Å². The minimum atomic E-state index is -3.21. The van der Waals surface area contributed by atoms with Gasteiger partial charge in [0, 0.05) is 11.1 Å². The predicted molar refractivity (Wildman–Crippen MR) is 100 cm³/mol. The lowest BCUT2D eigenvalue weighted by atomic mass is 10.1. The first-order chi connectivity index (χ1) is 12.1. The minimum Gasteiger partial charge on any atom is -0.303 e. The van der Waals surface area contributed by atoms with Crippen LogP contribution in [0.1, 0.15) is 32.1 Å². The van der Waals surface area contributed by atoms with Crippen LogP contribution in [0.2, 0.25) is 0 Å². The van der Waals surface area contributed by atoms with Crippen molar-refractivity contribution in [2.24, 2.45) is 0 Å². The summed E-state index contributed by atoms with van der Waals surface area (Å²) in [4.78, 5) is 16.9. The van der Waals surface area contributed by atoms with E-state index in [-0.39, 0.29) is 11.7 Å². The molecule has 1 saturated heterocycles. The Labute approximate surface area is 150 Å². The maximum atomic E-state index is 13.1. The lowest BCUT2D eigenvalue weighted by molar-refractivity contribution is -0.120. The van der Waals surface area contributed by atoms with E-state index in [1.54, 1.807) is 11.0 Å². The van der Waals surface area contributed by atoms with Gasteiger partial charge in [-0.05, 0) is 44.1 Å². The lowest BCUT2D eigenvalue weighted by Gasteiger charge is -2.31. The van der Waals surface area contributed by atoms with Gasteiger partial charge < -0.3 is 4.90 Å². The Morgan fingerprint density at radius 2 is 1.68 bits per heavy atom. The summed E-state index contributed by atoms with van der Waals surface area (Å²) in [7, 11) is -3.21. The Hall–Kier alpha value is -1.66. The van der Waals surface area contributed by atoms with Gasteiger partial charge in [0.1, 0.15) is 0 Å². The second-order valence-electron chi connectivity index (χ2n) is 6.87. The molecule has 136 valence electrons. The van der Waals surface area contributed by atoms with Crippen molar-refractivity contribution in [3.63, 3.8) is 0 Å². The topological polar surface area (TPSA) is 57.7 Å². The molecule has 2 aliphatic heterocycles. The average Bonchev–Trinajstić information content (AvgIpc) is 2.91. The van der Waals surface area contributed by atoms with E-state index in [4.69, 9.17) is 0 Å². The molecule has 0 radical (unpaired) electrons. The number of benzene rings is 1. The molecular weight excluding hydrogens is 336 g/mol. The Kier molecular flexibility index (Phi) is 5.91. The summed E-state index contributed by atoms with van der Waals surface area (Å²) in [5.41, 5.74) is 0.756. The van der Waals surface area contributed by atoms with E-state index < -0.39 is 15.9 Å². The molecule has 0 saturated carbocycles. The number of para-hydroxylation sites is 1. The number of nitrogens with zero attached hydrogens (tertiary/aromatic N) is 2. The van der Waals surface area contributed by atoms with Crippen molar-refractivity contribution < 1.29 is 13.2 Å². The molecule has 5 nitrogen and oxygen atoms in total. The van der Waals surface area contributed by atoms with Crippen LogP contribution in [0.3, 0.4) is 0 Å². The van der Waals surface area contributed by atoms with Crippen LogP contribution < -0.4 is 4.90 Å². The average molecular weight is 362 g/mol. The summed E-state index contributed by atoms with van der Waals surface area (Å²) in [5, 5.41) is 1.23. The number of carbonyl (C=O) groups excluding carboxylic acids is 1. The highest BCUT2D eigenvalue weighted by Gasteiger charge is 2.31. The van der Waals surface area contributed by atoms with Gasteiger partial charge in [-0.15, -0.1) is 0 Å². The zero-order valence-corrected chi connectivity index (χ0v) is 15.3. The highest BCUT2D eigenvalue weighted by molar-refractivity contribution is 7.94.